The molecule has 1 aromatic carbocycles. The van der Waals surface area contributed by atoms with Crippen LogP contribution in [0.25, 0.3) is 0 Å². The van der Waals surface area contributed by atoms with Gasteiger partial charge in [-0.25, -0.2) is 0 Å². The average molecular weight is 236 g/mol. The number of nitrogens with one attached hydrogen (secondary N) is 2. The summed E-state index contributed by atoms with van der Waals surface area (Å²) in [6, 6.07) is 6.02. The molecule has 0 aliphatic rings. The van der Waals surface area contributed by atoms with Crippen molar-refractivity contribution in [2.45, 2.75) is 27.2 Å². The van der Waals surface area contributed by atoms with E-state index >= 15 is 0 Å². The molecule has 0 radical (unpaired) electrons. The number of aryl methyl sites for hydroxylation is 2. The van der Waals surface area contributed by atoms with Gasteiger partial charge in [-0.3, -0.25) is 4.79 Å². The third-order valence-electron chi connectivity index (χ3n) is 2.20. The third-order valence-corrected chi connectivity index (χ3v) is 2.41. The normalized spacial score (nSPS) is 9.69. The Hall–Kier alpha value is -1.42. The van der Waals surface area contributed by atoms with Crippen molar-refractivity contribution in [1.82, 2.24) is 5.32 Å². The van der Waals surface area contributed by atoms with Gasteiger partial charge in [0.1, 0.15) is 0 Å². The van der Waals surface area contributed by atoms with Crippen LogP contribution in [0.3, 0.4) is 0 Å². The summed E-state index contributed by atoms with van der Waals surface area (Å²) in [5, 5.41) is 5.95. The number of thiocarbonyl (C=S) groups is 1. The van der Waals surface area contributed by atoms with Gasteiger partial charge >= 0.3 is 0 Å². The molecule has 1 aromatic rings. The topological polar surface area (TPSA) is 41.1 Å². The zero-order valence-corrected chi connectivity index (χ0v) is 10.6. The Balaban J connectivity index is 2.66. The molecule has 2 N–H and O–H groups in total. The van der Waals surface area contributed by atoms with E-state index in [0.29, 0.717) is 11.5 Å². The van der Waals surface area contributed by atoms with Gasteiger partial charge in [-0.15, -0.1) is 0 Å². The first-order chi connectivity index (χ1) is 7.52. The molecule has 86 valence electrons. The molecular weight excluding hydrogens is 220 g/mol. The summed E-state index contributed by atoms with van der Waals surface area (Å²) in [5.74, 6) is -0.0812. The van der Waals surface area contributed by atoms with E-state index in [0.717, 1.165) is 11.3 Å². The number of hydrogen-bond donors (Lipinski definition) is 2. The molecule has 3 nitrogen and oxygen atoms in total. The summed E-state index contributed by atoms with van der Waals surface area (Å²) in [5.41, 5.74) is 3.23. The van der Waals surface area contributed by atoms with Crippen LogP contribution in [0.2, 0.25) is 0 Å². The van der Waals surface area contributed by atoms with Crippen molar-refractivity contribution < 1.29 is 4.79 Å². The van der Waals surface area contributed by atoms with Crippen LogP contribution in [0.15, 0.2) is 18.2 Å². The fraction of sp³-hybridized carbons (Fsp3) is 0.333. The highest BCUT2D eigenvalue weighted by atomic mass is 32.1. The zero-order valence-electron chi connectivity index (χ0n) is 9.76. The van der Waals surface area contributed by atoms with E-state index in [2.05, 4.69) is 16.7 Å². The van der Waals surface area contributed by atoms with E-state index in [-0.39, 0.29) is 5.91 Å². The third kappa shape index (κ3) is 3.62. The van der Waals surface area contributed by atoms with Gasteiger partial charge in [0, 0.05) is 12.1 Å². The quantitative estimate of drug-likeness (QED) is 0.775. The smallest absolute Gasteiger partial charge is 0.225 e. The largest absolute Gasteiger partial charge is 0.332 e. The van der Waals surface area contributed by atoms with E-state index in [4.69, 9.17) is 12.2 Å². The molecular formula is C12H16N2OS. The van der Waals surface area contributed by atoms with Crippen LogP contribution in [0.5, 0.6) is 0 Å². The highest BCUT2D eigenvalue weighted by Crippen LogP contribution is 2.15. The number of benzene rings is 1. The van der Waals surface area contributed by atoms with Crippen LogP contribution in [-0.4, -0.2) is 11.0 Å². The number of carbonyl (C=O) groups is 1. The predicted octanol–water partition coefficient (Wildman–Crippen LogP) is 2.53. The molecule has 0 aromatic heterocycles. The van der Waals surface area contributed by atoms with Crippen molar-refractivity contribution in [2.75, 3.05) is 5.32 Å². The minimum absolute atomic E-state index is 0.0812. The van der Waals surface area contributed by atoms with E-state index in [1.165, 1.54) is 5.56 Å². The van der Waals surface area contributed by atoms with Crippen LogP contribution in [0.4, 0.5) is 5.69 Å². The van der Waals surface area contributed by atoms with Crippen molar-refractivity contribution in [1.29, 1.82) is 0 Å². The summed E-state index contributed by atoms with van der Waals surface area (Å²) >= 11 is 5.03. The summed E-state index contributed by atoms with van der Waals surface area (Å²) in [4.78, 5) is 11.1. The average Bonchev–Trinajstić information content (AvgIpc) is 2.22. The molecule has 0 aliphatic heterocycles. The van der Waals surface area contributed by atoms with Gasteiger partial charge in [0.05, 0.1) is 0 Å². The molecule has 16 heavy (non-hydrogen) atoms. The van der Waals surface area contributed by atoms with Crippen molar-refractivity contribution in [3.63, 3.8) is 0 Å². The molecule has 1 rings (SSSR count). The van der Waals surface area contributed by atoms with Crippen LogP contribution in [-0.2, 0) is 4.79 Å². The SMILES string of the molecule is CCC(=O)NC(=S)Nc1ccc(C)cc1C. The summed E-state index contributed by atoms with van der Waals surface area (Å²) in [7, 11) is 0. The number of anilines is 1. The predicted molar refractivity (Wildman–Crippen MR) is 70.6 cm³/mol. The van der Waals surface area contributed by atoms with Crippen molar-refractivity contribution >= 4 is 28.9 Å². The van der Waals surface area contributed by atoms with Gasteiger partial charge < -0.3 is 10.6 Å². The Morgan fingerprint density at radius 2 is 2.06 bits per heavy atom. The highest BCUT2D eigenvalue weighted by molar-refractivity contribution is 7.80. The Morgan fingerprint density at radius 1 is 1.38 bits per heavy atom. The van der Waals surface area contributed by atoms with Gasteiger partial charge in [0.25, 0.3) is 0 Å². The first-order valence-corrected chi connectivity index (χ1v) is 5.62. The van der Waals surface area contributed by atoms with E-state index < -0.39 is 0 Å². The molecule has 0 spiro atoms. The van der Waals surface area contributed by atoms with Crippen LogP contribution in [0, 0.1) is 13.8 Å². The summed E-state index contributed by atoms with van der Waals surface area (Å²) in [6.07, 6.45) is 0.425. The Morgan fingerprint density at radius 3 is 2.62 bits per heavy atom. The lowest BCUT2D eigenvalue weighted by atomic mass is 10.1. The molecule has 0 heterocycles. The molecule has 0 aliphatic carbocycles. The summed E-state index contributed by atoms with van der Waals surface area (Å²) in [6.45, 7) is 5.82. The molecule has 0 fully saturated rings. The Bertz CT molecular complexity index is 415. The lowest BCUT2D eigenvalue weighted by Gasteiger charge is -2.11. The van der Waals surface area contributed by atoms with Gasteiger partial charge in [0.15, 0.2) is 5.11 Å². The van der Waals surface area contributed by atoms with Crippen molar-refractivity contribution in [2.24, 2.45) is 0 Å². The first kappa shape index (κ1) is 12.6. The van der Waals surface area contributed by atoms with E-state index in [1.807, 2.05) is 26.0 Å². The van der Waals surface area contributed by atoms with Gasteiger partial charge in [-0.2, -0.15) is 0 Å². The second-order valence-corrected chi connectivity index (χ2v) is 4.08. The maximum atomic E-state index is 11.1. The standard InChI is InChI=1S/C12H16N2OS/c1-4-11(15)14-12(16)13-10-6-5-8(2)7-9(10)3/h5-7H,4H2,1-3H3,(H2,13,14,15,16). The molecule has 0 atom stereocenters. The minimum atomic E-state index is -0.0812. The molecule has 0 bridgehead atoms. The molecule has 0 unspecified atom stereocenters. The fourth-order valence-corrected chi connectivity index (χ4v) is 1.55. The Labute approximate surface area is 101 Å². The lowest BCUT2D eigenvalue weighted by molar-refractivity contribution is -0.119. The highest BCUT2D eigenvalue weighted by Gasteiger charge is 2.03. The van der Waals surface area contributed by atoms with Crippen molar-refractivity contribution in [3.05, 3.63) is 29.3 Å². The first-order valence-electron chi connectivity index (χ1n) is 5.21. The number of carbonyl (C=O) groups excluding carboxylic acids is 1. The number of hydrogen-bond acceptors (Lipinski definition) is 2. The van der Waals surface area contributed by atoms with Crippen molar-refractivity contribution in [3.8, 4) is 0 Å². The number of rotatable bonds is 2. The second-order valence-electron chi connectivity index (χ2n) is 3.67. The van der Waals surface area contributed by atoms with Crippen LogP contribution in [0.1, 0.15) is 24.5 Å². The van der Waals surface area contributed by atoms with Crippen LogP contribution < -0.4 is 10.6 Å². The van der Waals surface area contributed by atoms with Gasteiger partial charge in [-0.05, 0) is 37.7 Å². The molecule has 1 amide bonds. The fourth-order valence-electron chi connectivity index (χ4n) is 1.32. The maximum Gasteiger partial charge on any atom is 0.225 e. The number of amides is 1. The second kappa shape index (κ2) is 5.61. The minimum Gasteiger partial charge on any atom is -0.332 e. The Kier molecular flexibility index (Phi) is 4.43. The van der Waals surface area contributed by atoms with Gasteiger partial charge in [-0.1, -0.05) is 24.6 Å². The van der Waals surface area contributed by atoms with Gasteiger partial charge in [0.2, 0.25) is 5.91 Å². The monoisotopic (exact) mass is 236 g/mol. The van der Waals surface area contributed by atoms with E-state index in [1.54, 1.807) is 6.92 Å². The molecule has 0 saturated heterocycles. The molecule has 4 heteroatoms. The molecule has 0 saturated carbocycles. The maximum absolute atomic E-state index is 11.1. The lowest BCUT2D eigenvalue weighted by Crippen LogP contribution is -2.33. The zero-order chi connectivity index (χ0) is 12.1. The van der Waals surface area contributed by atoms with Crippen LogP contribution >= 0.6 is 12.2 Å². The summed E-state index contributed by atoms with van der Waals surface area (Å²) < 4.78 is 0. The van der Waals surface area contributed by atoms with E-state index in [9.17, 15) is 4.79 Å².